The van der Waals surface area contributed by atoms with Crippen LogP contribution >= 0.6 is 11.8 Å². The molecule has 0 aliphatic heterocycles. The Bertz CT molecular complexity index is 1240. The fourth-order valence-electron chi connectivity index (χ4n) is 3.01. The monoisotopic (exact) mass is 541 g/mol. The van der Waals surface area contributed by atoms with Gasteiger partial charge in [-0.05, 0) is 68.3 Å². The maximum absolute atomic E-state index is 13.8. The van der Waals surface area contributed by atoms with Gasteiger partial charge in [0.15, 0.2) is 0 Å². The highest BCUT2D eigenvalue weighted by Gasteiger charge is 2.36. The summed E-state index contributed by atoms with van der Waals surface area (Å²) in [4.78, 5) is 0.330. The van der Waals surface area contributed by atoms with Crippen LogP contribution in [0.3, 0.4) is 0 Å². The van der Waals surface area contributed by atoms with Gasteiger partial charge in [-0.1, -0.05) is 23.6 Å². The van der Waals surface area contributed by atoms with E-state index in [4.69, 9.17) is 16.3 Å². The van der Waals surface area contributed by atoms with Crippen molar-refractivity contribution in [2.45, 2.75) is 43.9 Å². The third-order valence-corrected chi connectivity index (χ3v) is 5.93. The molecule has 0 aliphatic carbocycles. The smallest absolute Gasteiger partial charge is 0.420 e. The lowest BCUT2D eigenvalue weighted by molar-refractivity contribution is -0.139. The molecule has 0 spiro atoms. The SMILES string of the molecule is CC#C/C=C\C/C=C(\C)CSc1ccc(Oc2cc(C/C(N)=N/N)cc(C(F)(F)F)c2)c(C(F)(F)F)c1. The number of nitrogens with two attached hydrogens (primary N) is 2. The first-order valence-electron chi connectivity index (χ1n) is 10.8. The number of alkyl halides is 6. The highest BCUT2D eigenvalue weighted by atomic mass is 32.2. The second-order valence-electron chi connectivity index (χ2n) is 7.79. The summed E-state index contributed by atoms with van der Waals surface area (Å²) >= 11 is 1.20. The zero-order valence-corrected chi connectivity index (χ0v) is 20.8. The summed E-state index contributed by atoms with van der Waals surface area (Å²) in [5, 5.41) is 3.21. The number of ether oxygens (including phenoxy) is 1. The summed E-state index contributed by atoms with van der Waals surface area (Å²) < 4.78 is 86.9. The van der Waals surface area contributed by atoms with Gasteiger partial charge in [0.2, 0.25) is 0 Å². The van der Waals surface area contributed by atoms with E-state index in [9.17, 15) is 26.3 Å². The number of nitrogens with zero attached hydrogens (tertiary/aromatic N) is 1. The molecule has 11 heteroatoms. The van der Waals surface area contributed by atoms with E-state index >= 15 is 0 Å². The molecule has 198 valence electrons. The maximum Gasteiger partial charge on any atom is 0.420 e. The maximum atomic E-state index is 13.8. The summed E-state index contributed by atoms with van der Waals surface area (Å²) in [5.74, 6) is 9.81. The quantitative estimate of drug-likeness (QED) is 0.0511. The predicted octanol–water partition coefficient (Wildman–Crippen LogP) is 7.30. The van der Waals surface area contributed by atoms with Gasteiger partial charge >= 0.3 is 12.4 Å². The lowest BCUT2D eigenvalue weighted by Gasteiger charge is -2.17. The summed E-state index contributed by atoms with van der Waals surface area (Å²) in [6.45, 7) is 3.58. The van der Waals surface area contributed by atoms with Gasteiger partial charge in [-0.15, -0.1) is 17.7 Å². The van der Waals surface area contributed by atoms with E-state index in [-0.39, 0.29) is 17.8 Å². The molecule has 37 heavy (non-hydrogen) atoms. The van der Waals surface area contributed by atoms with Gasteiger partial charge in [0.25, 0.3) is 0 Å². The molecule has 0 saturated carbocycles. The van der Waals surface area contributed by atoms with Crippen molar-refractivity contribution in [2.24, 2.45) is 16.7 Å². The van der Waals surface area contributed by atoms with E-state index in [1.165, 1.54) is 17.8 Å². The van der Waals surface area contributed by atoms with E-state index < -0.39 is 35.0 Å². The van der Waals surface area contributed by atoms with Crippen molar-refractivity contribution in [3.8, 4) is 23.3 Å². The minimum absolute atomic E-state index is 0.0242. The third kappa shape index (κ3) is 9.80. The largest absolute Gasteiger partial charge is 0.457 e. The standard InChI is InChI=1S/C26H25F6N3OS/c1-3-4-5-6-7-8-17(2)16-37-21-9-10-23(22(15-21)26(30,31)32)36-20-12-18(13-24(33)35-34)11-19(14-20)25(27,28)29/h5-6,8-12,14-15H,7,13,16,34H2,1-2H3,(H2,33,35)/b6-5-,17-8+. The lowest BCUT2D eigenvalue weighted by Crippen LogP contribution is -2.17. The molecule has 0 amide bonds. The summed E-state index contributed by atoms with van der Waals surface area (Å²) in [5.41, 5.74) is 4.27. The van der Waals surface area contributed by atoms with E-state index in [2.05, 4.69) is 16.9 Å². The van der Waals surface area contributed by atoms with E-state index in [1.54, 1.807) is 13.0 Å². The fraction of sp³-hybridized carbons (Fsp3) is 0.269. The Hall–Kier alpha value is -3.52. The Morgan fingerprint density at radius 3 is 2.43 bits per heavy atom. The van der Waals surface area contributed by atoms with Gasteiger partial charge in [-0.25, -0.2) is 0 Å². The van der Waals surface area contributed by atoms with Crippen LogP contribution in [0.4, 0.5) is 26.3 Å². The number of rotatable bonds is 9. The summed E-state index contributed by atoms with van der Waals surface area (Å²) in [6, 6.07) is 6.01. The minimum atomic E-state index is -4.80. The number of benzene rings is 2. The topological polar surface area (TPSA) is 73.6 Å². The highest BCUT2D eigenvalue weighted by molar-refractivity contribution is 7.99. The van der Waals surface area contributed by atoms with Crippen LogP contribution in [0.2, 0.25) is 0 Å². The number of hydrogen-bond acceptors (Lipinski definition) is 4. The summed E-state index contributed by atoms with van der Waals surface area (Å²) in [7, 11) is 0. The fourth-order valence-corrected chi connectivity index (χ4v) is 3.89. The zero-order valence-electron chi connectivity index (χ0n) is 20.0. The first-order chi connectivity index (χ1) is 17.3. The second-order valence-corrected chi connectivity index (χ2v) is 8.84. The number of halogens is 6. The Kier molecular flexibility index (Phi) is 10.6. The van der Waals surface area contributed by atoms with Crippen LogP contribution in [0.25, 0.3) is 0 Å². The molecule has 0 unspecified atom stereocenters. The van der Waals surface area contributed by atoms with Crippen LogP contribution in [0.15, 0.2) is 70.2 Å². The van der Waals surface area contributed by atoms with E-state index in [0.717, 1.165) is 29.8 Å². The van der Waals surface area contributed by atoms with Crippen molar-refractivity contribution in [3.05, 3.63) is 76.9 Å². The van der Waals surface area contributed by atoms with Crippen LogP contribution in [0.1, 0.15) is 37.0 Å². The van der Waals surface area contributed by atoms with Crippen molar-refractivity contribution in [1.29, 1.82) is 0 Å². The van der Waals surface area contributed by atoms with Gasteiger partial charge in [0.05, 0.1) is 11.1 Å². The molecule has 4 nitrogen and oxygen atoms in total. The van der Waals surface area contributed by atoms with Crippen LogP contribution in [0.5, 0.6) is 11.5 Å². The number of thioether (sulfide) groups is 1. The van der Waals surface area contributed by atoms with Crippen molar-refractivity contribution in [1.82, 2.24) is 0 Å². The van der Waals surface area contributed by atoms with Crippen LogP contribution < -0.4 is 16.3 Å². The number of allylic oxidation sites excluding steroid dienone is 3. The van der Waals surface area contributed by atoms with Gasteiger partial charge in [0.1, 0.15) is 17.3 Å². The van der Waals surface area contributed by atoms with E-state index in [1.807, 2.05) is 19.1 Å². The molecule has 0 bridgehead atoms. The zero-order chi connectivity index (χ0) is 27.6. The van der Waals surface area contributed by atoms with Crippen LogP contribution in [-0.2, 0) is 18.8 Å². The predicted molar refractivity (Wildman–Crippen MR) is 134 cm³/mol. The number of hydrazone groups is 1. The molecular weight excluding hydrogens is 516 g/mol. The molecular formula is C26H25F6N3OS. The Morgan fingerprint density at radius 1 is 1.08 bits per heavy atom. The van der Waals surface area contributed by atoms with Crippen molar-refractivity contribution < 1.29 is 31.1 Å². The van der Waals surface area contributed by atoms with Crippen LogP contribution in [0, 0.1) is 11.8 Å². The molecule has 2 rings (SSSR count). The average molecular weight is 542 g/mol. The van der Waals surface area contributed by atoms with E-state index in [0.29, 0.717) is 23.1 Å². The average Bonchev–Trinajstić information content (AvgIpc) is 2.81. The molecule has 0 aliphatic rings. The molecule has 0 fully saturated rings. The third-order valence-electron chi connectivity index (χ3n) is 4.74. The first-order valence-corrected chi connectivity index (χ1v) is 11.8. The van der Waals surface area contributed by atoms with Gasteiger partial charge in [-0.3, -0.25) is 0 Å². The Morgan fingerprint density at radius 2 is 1.81 bits per heavy atom. The molecule has 0 atom stereocenters. The molecule has 0 radical (unpaired) electrons. The molecule has 0 heterocycles. The highest BCUT2D eigenvalue weighted by Crippen LogP contribution is 2.41. The number of amidine groups is 1. The molecule has 0 saturated heterocycles. The lowest BCUT2D eigenvalue weighted by atomic mass is 10.1. The Balaban J connectivity index is 2.32. The van der Waals surface area contributed by atoms with Gasteiger partial charge < -0.3 is 16.3 Å². The minimum Gasteiger partial charge on any atom is -0.457 e. The normalized spacial score (nSPS) is 13.0. The molecule has 2 aromatic carbocycles. The second kappa shape index (κ2) is 13.1. The van der Waals surface area contributed by atoms with Crippen molar-refractivity contribution in [3.63, 3.8) is 0 Å². The van der Waals surface area contributed by atoms with Crippen LogP contribution in [-0.4, -0.2) is 11.6 Å². The number of hydrogen-bond donors (Lipinski definition) is 2. The van der Waals surface area contributed by atoms with Gasteiger partial charge in [-0.2, -0.15) is 31.4 Å². The van der Waals surface area contributed by atoms with Crippen molar-refractivity contribution >= 4 is 17.6 Å². The molecule has 0 aromatic heterocycles. The first kappa shape index (κ1) is 29.7. The van der Waals surface area contributed by atoms with Gasteiger partial charge in [0, 0.05) is 17.1 Å². The molecule has 2 aromatic rings. The molecule has 4 N–H and O–H groups in total. The summed E-state index contributed by atoms with van der Waals surface area (Å²) in [6.07, 6.45) is -3.63. The van der Waals surface area contributed by atoms with Crippen molar-refractivity contribution in [2.75, 3.05) is 5.75 Å². The Labute approximate surface area is 215 Å².